The summed E-state index contributed by atoms with van der Waals surface area (Å²) in [6.07, 6.45) is 9.56. The van der Waals surface area contributed by atoms with E-state index in [4.69, 9.17) is 0 Å². The van der Waals surface area contributed by atoms with Crippen LogP contribution in [0.3, 0.4) is 0 Å². The maximum absolute atomic E-state index is 12.9. The van der Waals surface area contributed by atoms with Gasteiger partial charge in [-0.15, -0.1) is 0 Å². The van der Waals surface area contributed by atoms with Crippen molar-refractivity contribution in [3.63, 3.8) is 0 Å². The molecular formula is C20H28N2O3S. The zero-order chi connectivity index (χ0) is 18.6. The molecule has 142 valence electrons. The second kappa shape index (κ2) is 8.35. The Morgan fingerprint density at radius 3 is 2.58 bits per heavy atom. The third-order valence-corrected chi connectivity index (χ3v) is 7.16. The average molecular weight is 377 g/mol. The van der Waals surface area contributed by atoms with Gasteiger partial charge in [0.15, 0.2) is 0 Å². The van der Waals surface area contributed by atoms with Crippen molar-refractivity contribution in [3.8, 4) is 0 Å². The fraction of sp³-hybridized carbons (Fsp3) is 0.550. The van der Waals surface area contributed by atoms with Gasteiger partial charge < -0.3 is 5.32 Å². The lowest BCUT2D eigenvalue weighted by atomic mass is 9.99. The van der Waals surface area contributed by atoms with Crippen molar-refractivity contribution >= 4 is 15.9 Å². The van der Waals surface area contributed by atoms with E-state index >= 15 is 0 Å². The topological polar surface area (TPSA) is 66.5 Å². The molecule has 0 radical (unpaired) electrons. The monoisotopic (exact) mass is 376 g/mol. The van der Waals surface area contributed by atoms with Gasteiger partial charge in [0.25, 0.3) is 5.91 Å². The second-order valence-corrected chi connectivity index (χ2v) is 9.17. The van der Waals surface area contributed by atoms with Crippen LogP contribution in [-0.2, 0) is 10.0 Å². The molecule has 1 aromatic rings. The molecular weight excluding hydrogens is 348 g/mol. The van der Waals surface area contributed by atoms with E-state index in [1.807, 2.05) is 6.92 Å². The molecule has 0 atom stereocenters. The fourth-order valence-electron chi connectivity index (χ4n) is 3.61. The Morgan fingerprint density at radius 1 is 1.12 bits per heavy atom. The number of aryl methyl sites for hydroxylation is 1. The maximum atomic E-state index is 12.9. The summed E-state index contributed by atoms with van der Waals surface area (Å²) in [6.45, 7) is 3.51. The van der Waals surface area contributed by atoms with Crippen molar-refractivity contribution in [3.05, 3.63) is 41.0 Å². The minimum Gasteiger partial charge on any atom is -0.348 e. The highest BCUT2D eigenvalue weighted by Gasteiger charge is 2.27. The Morgan fingerprint density at radius 2 is 1.88 bits per heavy atom. The lowest BCUT2D eigenvalue weighted by Gasteiger charge is -2.26. The van der Waals surface area contributed by atoms with E-state index < -0.39 is 10.0 Å². The molecule has 1 saturated heterocycles. The number of allylic oxidation sites excluding steroid dienone is 1. The summed E-state index contributed by atoms with van der Waals surface area (Å²) >= 11 is 0. The first-order valence-corrected chi connectivity index (χ1v) is 11.0. The van der Waals surface area contributed by atoms with Crippen LogP contribution < -0.4 is 5.32 Å². The Hall–Kier alpha value is -1.66. The molecule has 2 aliphatic rings. The Kier molecular flexibility index (Phi) is 6.14. The number of nitrogens with zero attached hydrogens (tertiary/aromatic N) is 1. The fourth-order valence-corrected chi connectivity index (χ4v) is 5.16. The lowest BCUT2D eigenvalue weighted by molar-refractivity contribution is 0.0955. The van der Waals surface area contributed by atoms with E-state index in [0.29, 0.717) is 25.2 Å². The minimum atomic E-state index is -3.53. The summed E-state index contributed by atoms with van der Waals surface area (Å²) in [4.78, 5) is 12.8. The van der Waals surface area contributed by atoms with E-state index in [0.717, 1.165) is 37.7 Å². The number of carbonyl (C=O) groups excluding carboxylic acids is 1. The number of amides is 1. The van der Waals surface area contributed by atoms with Gasteiger partial charge in [-0.1, -0.05) is 24.1 Å². The van der Waals surface area contributed by atoms with Gasteiger partial charge in [0.05, 0.1) is 4.90 Å². The summed E-state index contributed by atoms with van der Waals surface area (Å²) in [6, 6.07) is 4.87. The van der Waals surface area contributed by atoms with Gasteiger partial charge >= 0.3 is 0 Å². The van der Waals surface area contributed by atoms with Gasteiger partial charge in [0.2, 0.25) is 10.0 Å². The lowest BCUT2D eigenvalue weighted by Crippen LogP contribution is -2.35. The van der Waals surface area contributed by atoms with E-state index in [1.165, 1.54) is 28.8 Å². The van der Waals surface area contributed by atoms with E-state index in [1.54, 1.807) is 12.1 Å². The van der Waals surface area contributed by atoms with Crippen LogP contribution in [0.25, 0.3) is 0 Å². The van der Waals surface area contributed by atoms with Crippen LogP contribution in [0.2, 0.25) is 0 Å². The van der Waals surface area contributed by atoms with Crippen LogP contribution in [0.4, 0.5) is 0 Å². The molecule has 1 N–H and O–H groups in total. The van der Waals surface area contributed by atoms with Crippen LogP contribution >= 0.6 is 0 Å². The molecule has 0 unspecified atom stereocenters. The highest BCUT2D eigenvalue weighted by atomic mass is 32.2. The van der Waals surface area contributed by atoms with Crippen molar-refractivity contribution in [2.45, 2.75) is 56.8 Å². The summed E-state index contributed by atoms with van der Waals surface area (Å²) < 4.78 is 27.3. The number of benzene rings is 1. The van der Waals surface area contributed by atoms with Crippen molar-refractivity contribution < 1.29 is 13.2 Å². The first kappa shape index (κ1) is 19.1. The van der Waals surface area contributed by atoms with Gasteiger partial charge in [0, 0.05) is 25.2 Å². The number of rotatable bonds is 5. The predicted molar refractivity (Wildman–Crippen MR) is 103 cm³/mol. The van der Waals surface area contributed by atoms with Gasteiger partial charge in [-0.05, 0) is 63.1 Å². The summed E-state index contributed by atoms with van der Waals surface area (Å²) in [5, 5.41) is 2.95. The van der Waals surface area contributed by atoms with Crippen LogP contribution in [0.5, 0.6) is 0 Å². The maximum Gasteiger partial charge on any atom is 0.251 e. The van der Waals surface area contributed by atoms with Crippen molar-refractivity contribution in [1.29, 1.82) is 0 Å². The van der Waals surface area contributed by atoms with Crippen LogP contribution in [-0.4, -0.2) is 38.3 Å². The normalized spacial score (nSPS) is 19.0. The minimum absolute atomic E-state index is 0.204. The number of piperidine rings is 1. The Balaban J connectivity index is 1.76. The van der Waals surface area contributed by atoms with Crippen LogP contribution in [0.1, 0.15) is 60.9 Å². The zero-order valence-electron chi connectivity index (χ0n) is 15.5. The first-order chi connectivity index (χ1) is 12.5. The third-order valence-electron chi connectivity index (χ3n) is 5.27. The van der Waals surface area contributed by atoms with Crippen LogP contribution in [0, 0.1) is 6.92 Å². The highest BCUT2D eigenvalue weighted by Crippen LogP contribution is 2.23. The number of hydrogen-bond donors (Lipinski definition) is 1. The molecule has 5 nitrogen and oxygen atoms in total. The second-order valence-electron chi connectivity index (χ2n) is 7.23. The SMILES string of the molecule is Cc1ccc(S(=O)(=O)N2CCCCC2)cc1C(=O)NCC1=CCCCC1. The molecule has 1 heterocycles. The number of hydrogen-bond acceptors (Lipinski definition) is 3. The molecule has 1 fully saturated rings. The smallest absolute Gasteiger partial charge is 0.251 e. The summed E-state index contributed by atoms with van der Waals surface area (Å²) in [7, 11) is -3.53. The number of carbonyl (C=O) groups is 1. The van der Waals surface area contributed by atoms with Gasteiger partial charge in [-0.25, -0.2) is 8.42 Å². The van der Waals surface area contributed by atoms with E-state index in [-0.39, 0.29) is 10.8 Å². The molecule has 26 heavy (non-hydrogen) atoms. The molecule has 0 aromatic heterocycles. The average Bonchev–Trinajstić information content (AvgIpc) is 2.68. The van der Waals surface area contributed by atoms with Gasteiger partial charge in [-0.3, -0.25) is 4.79 Å². The van der Waals surface area contributed by atoms with Crippen molar-refractivity contribution in [1.82, 2.24) is 9.62 Å². The molecule has 6 heteroatoms. The van der Waals surface area contributed by atoms with Gasteiger partial charge in [0.1, 0.15) is 0 Å². The molecule has 0 bridgehead atoms. The zero-order valence-corrected chi connectivity index (χ0v) is 16.3. The predicted octanol–water partition coefficient (Wildman–Crippen LogP) is 3.40. The molecule has 3 rings (SSSR count). The Labute approximate surface area is 156 Å². The quantitative estimate of drug-likeness (QED) is 0.801. The molecule has 1 aliphatic carbocycles. The van der Waals surface area contributed by atoms with Crippen LogP contribution in [0.15, 0.2) is 34.7 Å². The van der Waals surface area contributed by atoms with Crippen molar-refractivity contribution in [2.75, 3.05) is 19.6 Å². The standard InChI is InChI=1S/C20H28N2O3S/c1-16-10-11-18(26(24,25)22-12-6-3-7-13-22)14-19(16)20(23)21-15-17-8-4-2-5-9-17/h8,10-11,14H,2-7,9,12-13,15H2,1H3,(H,21,23). The Bertz CT molecular complexity index is 793. The van der Waals surface area contributed by atoms with E-state index in [9.17, 15) is 13.2 Å². The molecule has 0 saturated carbocycles. The first-order valence-electron chi connectivity index (χ1n) is 9.55. The van der Waals surface area contributed by atoms with Gasteiger partial charge in [-0.2, -0.15) is 4.31 Å². The van der Waals surface area contributed by atoms with Crippen molar-refractivity contribution in [2.24, 2.45) is 0 Å². The van der Waals surface area contributed by atoms with E-state index in [2.05, 4.69) is 11.4 Å². The molecule has 0 spiro atoms. The highest BCUT2D eigenvalue weighted by molar-refractivity contribution is 7.89. The summed E-state index contributed by atoms with van der Waals surface area (Å²) in [5.74, 6) is -0.204. The third kappa shape index (κ3) is 4.35. The molecule has 1 amide bonds. The molecule has 1 aliphatic heterocycles. The molecule has 1 aromatic carbocycles. The number of nitrogens with one attached hydrogen (secondary N) is 1. The summed E-state index contributed by atoms with van der Waals surface area (Å²) in [5.41, 5.74) is 2.50. The largest absolute Gasteiger partial charge is 0.348 e. The number of sulfonamides is 1.